The molecule has 0 bridgehead atoms. The molecule has 0 heterocycles. The van der Waals surface area contributed by atoms with Gasteiger partial charge in [-0.15, -0.1) is 0 Å². The van der Waals surface area contributed by atoms with Crippen molar-refractivity contribution in [2.75, 3.05) is 11.3 Å². The van der Waals surface area contributed by atoms with E-state index in [9.17, 15) is 8.42 Å². The standard InChI is InChI=1S/C21H17ClN2O3S/c22-20-6-1-2-7-21(20)28(25,26)24-18-4-3-5-19(14-18)27-13-12-16-8-10-17(15-23)11-9-16/h1-11,14,24H,12-13H2. The number of halogens is 1. The first-order chi connectivity index (χ1) is 13.5. The maximum Gasteiger partial charge on any atom is 0.263 e. The van der Waals surface area contributed by atoms with Gasteiger partial charge in [0.1, 0.15) is 10.6 Å². The van der Waals surface area contributed by atoms with Crippen molar-refractivity contribution in [2.24, 2.45) is 0 Å². The van der Waals surface area contributed by atoms with Crippen LogP contribution in [0.4, 0.5) is 5.69 Å². The summed E-state index contributed by atoms with van der Waals surface area (Å²) in [6, 6.07) is 22.4. The minimum absolute atomic E-state index is 0.0174. The van der Waals surface area contributed by atoms with Crippen LogP contribution in [-0.4, -0.2) is 15.0 Å². The molecule has 0 unspecified atom stereocenters. The van der Waals surface area contributed by atoms with E-state index in [2.05, 4.69) is 10.8 Å². The first kappa shape index (κ1) is 19.7. The second-order valence-corrected chi connectivity index (χ2v) is 8.03. The molecule has 0 amide bonds. The fraction of sp³-hybridized carbons (Fsp3) is 0.0952. The number of benzene rings is 3. The highest BCUT2D eigenvalue weighted by Gasteiger charge is 2.17. The van der Waals surface area contributed by atoms with Crippen LogP contribution < -0.4 is 9.46 Å². The molecule has 0 fully saturated rings. The minimum Gasteiger partial charge on any atom is -0.493 e. The molecule has 1 N–H and O–H groups in total. The maximum atomic E-state index is 12.5. The Labute approximate surface area is 169 Å². The lowest BCUT2D eigenvalue weighted by Gasteiger charge is -2.11. The van der Waals surface area contributed by atoms with Crippen molar-refractivity contribution in [1.82, 2.24) is 0 Å². The topological polar surface area (TPSA) is 79.2 Å². The molecule has 3 rings (SSSR count). The number of nitrogens with one attached hydrogen (secondary N) is 1. The molecule has 3 aromatic carbocycles. The highest BCUT2D eigenvalue weighted by Crippen LogP contribution is 2.25. The summed E-state index contributed by atoms with van der Waals surface area (Å²) in [7, 11) is -3.79. The van der Waals surface area contributed by atoms with Crippen LogP contribution in [0.3, 0.4) is 0 Å². The van der Waals surface area contributed by atoms with Gasteiger partial charge in [-0.25, -0.2) is 8.42 Å². The van der Waals surface area contributed by atoms with Crippen LogP contribution in [0.5, 0.6) is 5.75 Å². The van der Waals surface area contributed by atoms with Gasteiger partial charge in [0.05, 0.1) is 28.9 Å². The number of sulfonamides is 1. The quantitative estimate of drug-likeness (QED) is 0.613. The van der Waals surface area contributed by atoms with Crippen molar-refractivity contribution in [1.29, 1.82) is 5.26 Å². The van der Waals surface area contributed by atoms with Gasteiger partial charge in [-0.2, -0.15) is 5.26 Å². The number of ether oxygens (including phenoxy) is 1. The van der Waals surface area contributed by atoms with Gasteiger partial charge in [-0.1, -0.05) is 41.9 Å². The molecule has 0 aromatic heterocycles. The molecule has 0 saturated carbocycles. The average Bonchev–Trinajstić information content (AvgIpc) is 2.69. The largest absolute Gasteiger partial charge is 0.493 e. The monoisotopic (exact) mass is 412 g/mol. The van der Waals surface area contributed by atoms with E-state index in [1.165, 1.54) is 12.1 Å². The third-order valence-electron chi connectivity index (χ3n) is 3.95. The van der Waals surface area contributed by atoms with E-state index in [-0.39, 0.29) is 9.92 Å². The molecule has 28 heavy (non-hydrogen) atoms. The third-order valence-corrected chi connectivity index (χ3v) is 5.84. The number of anilines is 1. The molecule has 0 aliphatic rings. The fourth-order valence-electron chi connectivity index (χ4n) is 2.55. The summed E-state index contributed by atoms with van der Waals surface area (Å²) in [5.74, 6) is 0.549. The van der Waals surface area contributed by atoms with Crippen LogP contribution in [0.2, 0.25) is 5.02 Å². The minimum atomic E-state index is -3.79. The Morgan fingerprint density at radius 2 is 1.75 bits per heavy atom. The van der Waals surface area contributed by atoms with E-state index in [0.717, 1.165) is 5.56 Å². The Kier molecular flexibility index (Phi) is 6.19. The van der Waals surface area contributed by atoms with E-state index in [1.807, 2.05) is 12.1 Å². The summed E-state index contributed by atoms with van der Waals surface area (Å²) in [5, 5.41) is 8.97. The Hall–Kier alpha value is -3.01. The SMILES string of the molecule is N#Cc1ccc(CCOc2cccc(NS(=O)(=O)c3ccccc3Cl)c2)cc1. The summed E-state index contributed by atoms with van der Waals surface area (Å²) in [5.41, 5.74) is 2.05. The predicted octanol–water partition coefficient (Wildman–Crippen LogP) is 4.63. The molecule has 3 aromatic rings. The zero-order chi connectivity index (χ0) is 20.0. The van der Waals surface area contributed by atoms with Gasteiger partial charge in [0.15, 0.2) is 0 Å². The van der Waals surface area contributed by atoms with Gasteiger partial charge in [0, 0.05) is 12.5 Å². The van der Waals surface area contributed by atoms with Crippen LogP contribution in [0.15, 0.2) is 77.7 Å². The van der Waals surface area contributed by atoms with Gasteiger partial charge < -0.3 is 4.74 Å². The molecular formula is C21H17ClN2O3S. The number of hydrogen-bond donors (Lipinski definition) is 1. The van der Waals surface area contributed by atoms with Crippen molar-refractivity contribution >= 4 is 27.3 Å². The van der Waals surface area contributed by atoms with Gasteiger partial charge in [0.25, 0.3) is 10.0 Å². The molecule has 0 atom stereocenters. The lowest BCUT2D eigenvalue weighted by molar-refractivity contribution is 0.322. The van der Waals surface area contributed by atoms with Gasteiger partial charge in [-0.05, 0) is 42.0 Å². The average molecular weight is 413 g/mol. The zero-order valence-electron chi connectivity index (χ0n) is 14.8. The Balaban J connectivity index is 1.63. The summed E-state index contributed by atoms with van der Waals surface area (Å²) in [6.07, 6.45) is 0.668. The molecule has 5 nitrogen and oxygen atoms in total. The summed E-state index contributed by atoms with van der Waals surface area (Å²) in [4.78, 5) is 0.0174. The van der Waals surface area contributed by atoms with Crippen LogP contribution in [0, 0.1) is 11.3 Å². The highest BCUT2D eigenvalue weighted by atomic mass is 35.5. The molecule has 0 spiro atoms. The first-order valence-corrected chi connectivity index (χ1v) is 10.3. The third kappa shape index (κ3) is 5.03. The van der Waals surface area contributed by atoms with Crippen molar-refractivity contribution in [3.63, 3.8) is 0 Å². The van der Waals surface area contributed by atoms with Crippen LogP contribution in [-0.2, 0) is 16.4 Å². The van der Waals surface area contributed by atoms with Crippen LogP contribution in [0.1, 0.15) is 11.1 Å². The summed E-state index contributed by atoms with van der Waals surface area (Å²) in [6.45, 7) is 0.423. The smallest absolute Gasteiger partial charge is 0.263 e. The van der Waals surface area contributed by atoms with Crippen LogP contribution in [0.25, 0.3) is 0 Å². The second kappa shape index (κ2) is 8.79. The van der Waals surface area contributed by atoms with Crippen molar-refractivity contribution in [2.45, 2.75) is 11.3 Å². The van der Waals surface area contributed by atoms with Gasteiger partial charge in [0.2, 0.25) is 0 Å². The molecule has 0 aliphatic heterocycles. The highest BCUT2D eigenvalue weighted by molar-refractivity contribution is 7.92. The van der Waals surface area contributed by atoms with E-state index < -0.39 is 10.0 Å². The number of nitriles is 1. The molecule has 0 radical (unpaired) electrons. The number of hydrogen-bond acceptors (Lipinski definition) is 4. The van der Waals surface area contributed by atoms with Crippen molar-refractivity contribution in [3.8, 4) is 11.8 Å². The number of rotatable bonds is 7. The van der Waals surface area contributed by atoms with Gasteiger partial charge in [-0.3, -0.25) is 4.72 Å². The van der Waals surface area contributed by atoms with E-state index >= 15 is 0 Å². The van der Waals surface area contributed by atoms with Crippen molar-refractivity contribution < 1.29 is 13.2 Å². The van der Waals surface area contributed by atoms with Crippen LogP contribution >= 0.6 is 11.6 Å². The lowest BCUT2D eigenvalue weighted by Crippen LogP contribution is -2.13. The Morgan fingerprint density at radius 1 is 1.00 bits per heavy atom. The summed E-state index contributed by atoms with van der Waals surface area (Å²) < 4.78 is 33.3. The Bertz CT molecular complexity index is 1110. The van der Waals surface area contributed by atoms with Crippen molar-refractivity contribution in [3.05, 3.63) is 88.9 Å². The Morgan fingerprint density at radius 3 is 2.46 bits per heavy atom. The molecule has 0 saturated heterocycles. The molecule has 7 heteroatoms. The fourth-order valence-corrected chi connectivity index (χ4v) is 4.12. The zero-order valence-corrected chi connectivity index (χ0v) is 16.4. The second-order valence-electron chi connectivity index (χ2n) is 5.97. The van der Waals surface area contributed by atoms with E-state index in [4.69, 9.17) is 21.6 Å². The lowest BCUT2D eigenvalue weighted by atomic mass is 10.1. The van der Waals surface area contributed by atoms with E-state index in [1.54, 1.807) is 48.5 Å². The summed E-state index contributed by atoms with van der Waals surface area (Å²) >= 11 is 5.99. The molecular weight excluding hydrogens is 396 g/mol. The van der Waals surface area contributed by atoms with Gasteiger partial charge >= 0.3 is 0 Å². The molecule has 0 aliphatic carbocycles. The first-order valence-electron chi connectivity index (χ1n) is 8.47. The number of nitrogens with zero attached hydrogens (tertiary/aromatic N) is 1. The normalized spacial score (nSPS) is 10.9. The molecule has 142 valence electrons. The maximum absolute atomic E-state index is 12.5. The predicted molar refractivity (Wildman–Crippen MR) is 109 cm³/mol. The van der Waals surface area contributed by atoms with E-state index in [0.29, 0.717) is 30.0 Å².